The largest absolute Gasteiger partial charge is 0.497 e. The van der Waals surface area contributed by atoms with Crippen LogP contribution in [0.25, 0.3) is 17.3 Å². The van der Waals surface area contributed by atoms with Gasteiger partial charge in [-0.3, -0.25) is 4.79 Å². The zero-order chi connectivity index (χ0) is 21.9. The average molecular weight is 422 g/mol. The number of allylic oxidation sites excluding steroid dienone is 1. The number of nitrogens with one attached hydrogen (secondary N) is 2. The number of carbonyl (C=O) groups excluding carboxylic acids is 1. The van der Waals surface area contributed by atoms with Gasteiger partial charge in [-0.2, -0.15) is 13.2 Å². The molecule has 1 aliphatic rings. The van der Waals surface area contributed by atoms with Crippen LogP contribution in [0.2, 0.25) is 0 Å². The fourth-order valence-corrected chi connectivity index (χ4v) is 3.09. The topological polar surface area (TPSA) is 115 Å². The standard InChI is InChI=1S/C19H21F3N6O2/c1-10(23)7-15-16(27-28-18(26-15)25-14-5-6-24-17(14)29)13-4-3-12(30-2)8-11(13)9-19(20,21)22/h3-4,7-8,14H,5-6,9,23H2,1-2H3,(H,24,29)(H,25,26,28)/b10-7-. The third-order valence-electron chi connectivity index (χ3n) is 4.39. The summed E-state index contributed by atoms with van der Waals surface area (Å²) in [6.45, 7) is 2.15. The average Bonchev–Trinajstić information content (AvgIpc) is 3.05. The number of benzene rings is 1. The summed E-state index contributed by atoms with van der Waals surface area (Å²) in [6.07, 6.45) is -3.56. The SMILES string of the molecule is COc1ccc(-c2nnc(NC3CCNC3=O)nc2/C=C(/C)N)c(CC(F)(F)F)c1. The van der Waals surface area contributed by atoms with E-state index in [2.05, 4.69) is 25.8 Å². The lowest BCUT2D eigenvalue weighted by atomic mass is 9.99. The highest BCUT2D eigenvalue weighted by atomic mass is 19.4. The van der Waals surface area contributed by atoms with Gasteiger partial charge in [0.15, 0.2) is 0 Å². The van der Waals surface area contributed by atoms with Gasteiger partial charge in [0.25, 0.3) is 0 Å². The maximum absolute atomic E-state index is 13.1. The number of methoxy groups -OCH3 is 1. The molecule has 2 heterocycles. The summed E-state index contributed by atoms with van der Waals surface area (Å²) in [4.78, 5) is 16.1. The molecule has 0 saturated carbocycles. The first-order valence-electron chi connectivity index (χ1n) is 9.13. The number of anilines is 1. The Hall–Kier alpha value is -3.37. The Balaban J connectivity index is 2.06. The van der Waals surface area contributed by atoms with Gasteiger partial charge in [0.1, 0.15) is 17.5 Å². The summed E-state index contributed by atoms with van der Waals surface area (Å²) in [5.41, 5.74) is 6.72. The maximum Gasteiger partial charge on any atom is 0.393 e. The van der Waals surface area contributed by atoms with Crippen LogP contribution in [0.4, 0.5) is 19.1 Å². The quantitative estimate of drug-likeness (QED) is 0.654. The number of carbonyl (C=O) groups is 1. The highest BCUT2D eigenvalue weighted by Gasteiger charge is 2.30. The number of amides is 1. The molecule has 11 heteroatoms. The number of hydrogen-bond acceptors (Lipinski definition) is 7. The van der Waals surface area contributed by atoms with Crippen LogP contribution in [-0.2, 0) is 11.2 Å². The number of rotatable bonds is 6. The summed E-state index contributed by atoms with van der Waals surface area (Å²) in [6, 6.07) is 3.82. The second-order valence-electron chi connectivity index (χ2n) is 6.85. The van der Waals surface area contributed by atoms with E-state index in [0.29, 0.717) is 18.7 Å². The molecule has 4 N–H and O–H groups in total. The first-order chi connectivity index (χ1) is 14.2. The first kappa shape index (κ1) is 21.3. The summed E-state index contributed by atoms with van der Waals surface area (Å²) < 4.78 is 44.5. The molecule has 0 bridgehead atoms. The summed E-state index contributed by atoms with van der Waals surface area (Å²) in [5.74, 6) is 0.188. The van der Waals surface area contributed by atoms with Crippen molar-refractivity contribution < 1.29 is 22.7 Å². The van der Waals surface area contributed by atoms with Crippen molar-refractivity contribution in [3.05, 3.63) is 35.2 Å². The summed E-state index contributed by atoms with van der Waals surface area (Å²) in [7, 11) is 1.37. The normalized spacial score (nSPS) is 17.0. The number of halogens is 3. The molecule has 0 radical (unpaired) electrons. The minimum atomic E-state index is -4.43. The molecule has 2 aromatic rings. The van der Waals surface area contributed by atoms with E-state index in [-0.39, 0.29) is 40.1 Å². The highest BCUT2D eigenvalue weighted by molar-refractivity contribution is 5.86. The smallest absolute Gasteiger partial charge is 0.393 e. The van der Waals surface area contributed by atoms with Crippen LogP contribution in [0.15, 0.2) is 23.9 Å². The van der Waals surface area contributed by atoms with Crippen molar-refractivity contribution in [1.29, 1.82) is 0 Å². The molecule has 0 spiro atoms. The Labute approximate surface area is 170 Å². The Morgan fingerprint density at radius 3 is 2.77 bits per heavy atom. The minimum Gasteiger partial charge on any atom is -0.497 e. The van der Waals surface area contributed by atoms with Crippen molar-refractivity contribution in [2.75, 3.05) is 19.0 Å². The zero-order valence-corrected chi connectivity index (χ0v) is 16.4. The molecule has 1 aliphatic heterocycles. The lowest BCUT2D eigenvalue weighted by Crippen LogP contribution is -2.30. The van der Waals surface area contributed by atoms with E-state index in [1.165, 1.54) is 31.4 Å². The lowest BCUT2D eigenvalue weighted by Gasteiger charge is -2.15. The number of nitrogens with zero attached hydrogens (tertiary/aromatic N) is 3. The van der Waals surface area contributed by atoms with E-state index in [0.717, 1.165) is 0 Å². The molecule has 160 valence electrons. The molecule has 1 fully saturated rings. The van der Waals surface area contributed by atoms with Crippen molar-refractivity contribution in [3.8, 4) is 17.0 Å². The van der Waals surface area contributed by atoms with Crippen molar-refractivity contribution in [1.82, 2.24) is 20.5 Å². The van der Waals surface area contributed by atoms with Gasteiger partial charge in [-0.15, -0.1) is 10.2 Å². The number of ether oxygens (including phenoxy) is 1. The number of nitrogens with two attached hydrogens (primary N) is 1. The Kier molecular flexibility index (Phi) is 6.09. The van der Waals surface area contributed by atoms with Crippen LogP contribution in [0.5, 0.6) is 5.75 Å². The van der Waals surface area contributed by atoms with E-state index in [1.54, 1.807) is 6.92 Å². The monoisotopic (exact) mass is 422 g/mol. The van der Waals surface area contributed by atoms with Crippen molar-refractivity contribution in [2.45, 2.75) is 32.0 Å². The molecule has 1 amide bonds. The second kappa shape index (κ2) is 8.56. The molecule has 1 aromatic carbocycles. The fraction of sp³-hybridized carbons (Fsp3) is 0.368. The van der Waals surface area contributed by atoms with Gasteiger partial charge >= 0.3 is 6.18 Å². The molecule has 8 nitrogen and oxygen atoms in total. The molecule has 3 rings (SSSR count). The molecule has 1 saturated heterocycles. The Bertz CT molecular complexity index is 973. The third kappa shape index (κ3) is 5.16. The van der Waals surface area contributed by atoms with E-state index < -0.39 is 18.6 Å². The highest BCUT2D eigenvalue weighted by Crippen LogP contribution is 2.33. The first-order valence-corrected chi connectivity index (χ1v) is 9.13. The molecule has 1 unspecified atom stereocenters. The molecule has 0 aliphatic carbocycles. The Morgan fingerprint density at radius 1 is 1.40 bits per heavy atom. The fourth-order valence-electron chi connectivity index (χ4n) is 3.09. The second-order valence-corrected chi connectivity index (χ2v) is 6.85. The van der Waals surface area contributed by atoms with Crippen LogP contribution in [0.1, 0.15) is 24.6 Å². The van der Waals surface area contributed by atoms with Crippen LogP contribution >= 0.6 is 0 Å². The molecular weight excluding hydrogens is 401 g/mol. The van der Waals surface area contributed by atoms with Gasteiger partial charge < -0.3 is 21.1 Å². The molecule has 1 aromatic heterocycles. The van der Waals surface area contributed by atoms with Crippen molar-refractivity contribution >= 4 is 17.9 Å². The van der Waals surface area contributed by atoms with Crippen LogP contribution < -0.4 is 21.1 Å². The number of hydrogen-bond donors (Lipinski definition) is 3. The Morgan fingerprint density at radius 2 is 2.17 bits per heavy atom. The van der Waals surface area contributed by atoms with Gasteiger partial charge in [0.2, 0.25) is 11.9 Å². The number of aromatic nitrogens is 3. The summed E-state index contributed by atoms with van der Waals surface area (Å²) >= 11 is 0. The lowest BCUT2D eigenvalue weighted by molar-refractivity contribution is -0.127. The van der Waals surface area contributed by atoms with Crippen LogP contribution in [-0.4, -0.2) is 47.0 Å². The van der Waals surface area contributed by atoms with Gasteiger partial charge in [-0.25, -0.2) is 4.98 Å². The van der Waals surface area contributed by atoms with Gasteiger partial charge in [-0.05, 0) is 43.2 Å². The molecule has 1 atom stereocenters. The van der Waals surface area contributed by atoms with Gasteiger partial charge in [-0.1, -0.05) is 0 Å². The van der Waals surface area contributed by atoms with E-state index in [4.69, 9.17) is 10.5 Å². The van der Waals surface area contributed by atoms with E-state index in [9.17, 15) is 18.0 Å². The minimum absolute atomic E-state index is 0.0295. The van der Waals surface area contributed by atoms with E-state index in [1.807, 2.05) is 0 Å². The molecular formula is C19H21F3N6O2. The van der Waals surface area contributed by atoms with Crippen LogP contribution in [0, 0.1) is 0 Å². The maximum atomic E-state index is 13.1. The predicted molar refractivity (Wildman–Crippen MR) is 104 cm³/mol. The zero-order valence-electron chi connectivity index (χ0n) is 16.4. The van der Waals surface area contributed by atoms with Gasteiger partial charge in [0, 0.05) is 17.8 Å². The summed E-state index contributed by atoms with van der Waals surface area (Å²) in [5, 5.41) is 13.6. The van der Waals surface area contributed by atoms with Crippen molar-refractivity contribution in [3.63, 3.8) is 0 Å². The van der Waals surface area contributed by atoms with Gasteiger partial charge in [0.05, 0.1) is 19.2 Å². The van der Waals surface area contributed by atoms with Crippen LogP contribution in [0.3, 0.4) is 0 Å². The third-order valence-corrected chi connectivity index (χ3v) is 4.39. The predicted octanol–water partition coefficient (Wildman–Crippen LogP) is 2.27. The number of alkyl halides is 3. The van der Waals surface area contributed by atoms with E-state index >= 15 is 0 Å². The molecule has 30 heavy (non-hydrogen) atoms. The van der Waals surface area contributed by atoms with Crippen molar-refractivity contribution in [2.24, 2.45) is 5.73 Å².